The highest BCUT2D eigenvalue weighted by Gasteiger charge is 2.14. The van der Waals surface area contributed by atoms with E-state index >= 15 is 0 Å². The van der Waals surface area contributed by atoms with Gasteiger partial charge in [-0.05, 0) is 24.8 Å². The van der Waals surface area contributed by atoms with Crippen molar-refractivity contribution in [2.75, 3.05) is 11.6 Å². The molecular weight excluding hydrogens is 304 g/mol. The summed E-state index contributed by atoms with van der Waals surface area (Å²) in [4.78, 5) is 16.4. The Hall–Kier alpha value is -1.47. The van der Waals surface area contributed by atoms with Gasteiger partial charge in [-0.3, -0.25) is 10.1 Å². The van der Waals surface area contributed by atoms with Gasteiger partial charge >= 0.3 is 0 Å². The van der Waals surface area contributed by atoms with Crippen molar-refractivity contribution < 1.29 is 4.79 Å². The lowest BCUT2D eigenvalue weighted by atomic mass is 10.2. The quantitative estimate of drug-likeness (QED) is 0.622. The normalized spacial score (nSPS) is 10.6. The lowest BCUT2D eigenvalue weighted by molar-refractivity contribution is 0.102. The summed E-state index contributed by atoms with van der Waals surface area (Å²) in [6.07, 6.45) is 7.98. The molecule has 21 heavy (non-hydrogen) atoms. The molecule has 1 N–H and O–H groups in total. The third-order valence-corrected chi connectivity index (χ3v) is 4.50. The summed E-state index contributed by atoms with van der Waals surface area (Å²) in [6.45, 7) is 2.17. The predicted octanol–water partition coefficient (Wildman–Crippen LogP) is 3.64. The van der Waals surface area contributed by atoms with E-state index in [0.29, 0.717) is 15.7 Å². The number of rotatable bonds is 7. The number of hydrogen-bond donors (Lipinski definition) is 1. The molecule has 5 nitrogen and oxygen atoms in total. The van der Waals surface area contributed by atoms with Crippen molar-refractivity contribution in [3.05, 3.63) is 28.9 Å². The van der Waals surface area contributed by atoms with Gasteiger partial charge in [-0.2, -0.15) is 0 Å². The molecule has 0 unspecified atom stereocenters. The molecule has 2 aromatic rings. The van der Waals surface area contributed by atoms with E-state index in [4.69, 9.17) is 0 Å². The minimum Gasteiger partial charge on any atom is -0.296 e. The zero-order chi connectivity index (χ0) is 15.1. The van der Waals surface area contributed by atoms with Crippen molar-refractivity contribution in [3.8, 4) is 0 Å². The Morgan fingerprint density at radius 2 is 2.24 bits per heavy atom. The SMILES string of the molecule is CCCCCc1nnc(NC(=O)c2cccnc2SC)s1. The molecule has 0 spiro atoms. The topological polar surface area (TPSA) is 67.8 Å². The molecule has 2 heterocycles. The zero-order valence-corrected chi connectivity index (χ0v) is 13.8. The second-order valence-corrected chi connectivity index (χ2v) is 6.33. The van der Waals surface area contributed by atoms with Gasteiger partial charge in [-0.15, -0.1) is 22.0 Å². The fourth-order valence-electron chi connectivity index (χ4n) is 1.82. The summed E-state index contributed by atoms with van der Waals surface area (Å²) in [6, 6.07) is 3.52. The third-order valence-electron chi connectivity index (χ3n) is 2.89. The number of aryl methyl sites for hydroxylation is 1. The van der Waals surface area contributed by atoms with Crippen LogP contribution in [0.2, 0.25) is 0 Å². The molecule has 0 aliphatic carbocycles. The number of nitrogens with one attached hydrogen (secondary N) is 1. The first kappa shape index (κ1) is 15.9. The van der Waals surface area contributed by atoms with Gasteiger partial charge in [0.15, 0.2) is 0 Å². The van der Waals surface area contributed by atoms with Crippen molar-refractivity contribution in [2.45, 2.75) is 37.6 Å². The molecule has 0 bridgehead atoms. The number of unbranched alkanes of at least 4 members (excludes halogenated alkanes) is 2. The highest BCUT2D eigenvalue weighted by molar-refractivity contribution is 7.98. The van der Waals surface area contributed by atoms with Crippen molar-refractivity contribution in [3.63, 3.8) is 0 Å². The molecular formula is C14H18N4OS2. The number of carbonyl (C=O) groups excluding carboxylic acids is 1. The number of nitrogens with zero attached hydrogens (tertiary/aromatic N) is 3. The van der Waals surface area contributed by atoms with Crippen LogP contribution in [0.15, 0.2) is 23.4 Å². The van der Waals surface area contributed by atoms with Crippen molar-refractivity contribution in [1.29, 1.82) is 0 Å². The molecule has 2 rings (SSSR count). The second kappa shape index (κ2) is 8.09. The minimum absolute atomic E-state index is 0.191. The van der Waals surface area contributed by atoms with E-state index in [2.05, 4.69) is 27.4 Å². The van der Waals surface area contributed by atoms with Gasteiger partial charge in [0.05, 0.1) is 5.56 Å². The molecule has 0 radical (unpaired) electrons. The van der Waals surface area contributed by atoms with Crippen LogP contribution < -0.4 is 5.32 Å². The molecule has 2 aromatic heterocycles. The molecule has 0 atom stereocenters. The summed E-state index contributed by atoms with van der Waals surface area (Å²) in [5.41, 5.74) is 0.563. The Kier molecular flexibility index (Phi) is 6.13. The van der Waals surface area contributed by atoms with Gasteiger partial charge in [0.1, 0.15) is 10.0 Å². The molecule has 0 aromatic carbocycles. The molecule has 0 fully saturated rings. The van der Waals surface area contributed by atoms with Gasteiger partial charge < -0.3 is 0 Å². The maximum absolute atomic E-state index is 12.2. The third kappa shape index (κ3) is 4.50. The van der Waals surface area contributed by atoms with Crippen LogP contribution in [0, 0.1) is 0 Å². The zero-order valence-electron chi connectivity index (χ0n) is 12.1. The molecule has 0 aliphatic heterocycles. The number of carbonyl (C=O) groups is 1. The van der Waals surface area contributed by atoms with Gasteiger partial charge in [0, 0.05) is 12.6 Å². The molecule has 0 aliphatic rings. The van der Waals surface area contributed by atoms with Crippen molar-refractivity contribution >= 4 is 34.1 Å². The summed E-state index contributed by atoms with van der Waals surface area (Å²) in [7, 11) is 0. The van der Waals surface area contributed by atoms with E-state index in [1.165, 1.54) is 35.9 Å². The number of aromatic nitrogens is 3. The molecule has 112 valence electrons. The number of amides is 1. The Morgan fingerprint density at radius 3 is 3.00 bits per heavy atom. The average molecular weight is 322 g/mol. The largest absolute Gasteiger partial charge is 0.296 e. The van der Waals surface area contributed by atoms with Crippen LogP contribution >= 0.6 is 23.1 Å². The van der Waals surface area contributed by atoms with Crippen molar-refractivity contribution in [2.24, 2.45) is 0 Å². The fourth-order valence-corrected chi connectivity index (χ4v) is 3.15. The van der Waals surface area contributed by atoms with E-state index in [1.54, 1.807) is 18.3 Å². The number of anilines is 1. The average Bonchev–Trinajstić information content (AvgIpc) is 2.95. The first-order valence-corrected chi connectivity index (χ1v) is 8.91. The highest BCUT2D eigenvalue weighted by Crippen LogP contribution is 2.21. The number of hydrogen-bond acceptors (Lipinski definition) is 6. The first-order valence-electron chi connectivity index (χ1n) is 6.87. The van der Waals surface area contributed by atoms with E-state index < -0.39 is 0 Å². The molecule has 7 heteroatoms. The van der Waals surface area contributed by atoms with Gasteiger partial charge in [0.25, 0.3) is 5.91 Å². The predicted molar refractivity (Wildman–Crippen MR) is 87.1 cm³/mol. The first-order chi connectivity index (χ1) is 10.2. The lowest BCUT2D eigenvalue weighted by Gasteiger charge is -2.04. The summed E-state index contributed by atoms with van der Waals surface area (Å²) in [5.74, 6) is -0.191. The highest BCUT2D eigenvalue weighted by atomic mass is 32.2. The maximum atomic E-state index is 12.2. The van der Waals surface area contributed by atoms with Crippen LogP contribution in [0.1, 0.15) is 41.6 Å². The summed E-state index contributed by atoms with van der Waals surface area (Å²) >= 11 is 2.89. The molecule has 0 saturated carbocycles. The minimum atomic E-state index is -0.191. The van der Waals surface area contributed by atoms with Crippen LogP contribution in [0.4, 0.5) is 5.13 Å². The van der Waals surface area contributed by atoms with Gasteiger partial charge in [-0.1, -0.05) is 31.1 Å². The monoisotopic (exact) mass is 322 g/mol. The summed E-state index contributed by atoms with van der Waals surface area (Å²) < 4.78 is 0. The maximum Gasteiger partial charge on any atom is 0.260 e. The standard InChI is InChI=1S/C14H18N4OS2/c1-3-4-5-8-11-17-18-14(21-11)16-12(19)10-7-6-9-15-13(10)20-2/h6-7,9H,3-5,8H2,1-2H3,(H,16,18,19). The van der Waals surface area contributed by atoms with E-state index in [-0.39, 0.29) is 5.91 Å². The summed E-state index contributed by atoms with van der Waals surface area (Å²) in [5, 5.41) is 13.2. The Bertz CT molecular complexity index is 600. The van der Waals surface area contributed by atoms with E-state index in [0.717, 1.165) is 17.8 Å². The van der Waals surface area contributed by atoms with Gasteiger partial charge in [-0.25, -0.2) is 4.98 Å². The van der Waals surface area contributed by atoms with Crippen molar-refractivity contribution in [1.82, 2.24) is 15.2 Å². The van der Waals surface area contributed by atoms with Crippen LogP contribution in [0.25, 0.3) is 0 Å². The Labute approximate surface area is 132 Å². The lowest BCUT2D eigenvalue weighted by Crippen LogP contribution is -2.13. The fraction of sp³-hybridized carbons (Fsp3) is 0.429. The van der Waals surface area contributed by atoms with Gasteiger partial charge in [0.2, 0.25) is 5.13 Å². The van der Waals surface area contributed by atoms with Crippen LogP contribution in [-0.4, -0.2) is 27.3 Å². The Balaban J connectivity index is 1.99. The molecule has 0 saturated heterocycles. The molecule has 1 amide bonds. The number of thioether (sulfide) groups is 1. The Morgan fingerprint density at radius 1 is 1.38 bits per heavy atom. The second-order valence-electron chi connectivity index (χ2n) is 4.47. The van der Waals surface area contributed by atoms with Crippen LogP contribution in [0.3, 0.4) is 0 Å². The van der Waals surface area contributed by atoms with Crippen LogP contribution in [0.5, 0.6) is 0 Å². The van der Waals surface area contributed by atoms with Crippen LogP contribution in [-0.2, 0) is 6.42 Å². The number of pyridine rings is 1. The smallest absolute Gasteiger partial charge is 0.260 e. The van der Waals surface area contributed by atoms with E-state index in [9.17, 15) is 4.79 Å². The van der Waals surface area contributed by atoms with E-state index in [1.807, 2.05) is 6.26 Å².